The Kier molecular flexibility index (Phi) is 4.84. The SMILES string of the molecule is C#CCNCC(=O)Nc1cc(C(=O)O)ccc1F. The van der Waals surface area contributed by atoms with Gasteiger partial charge in [0.05, 0.1) is 24.3 Å². The molecule has 1 aromatic carbocycles. The number of carbonyl (C=O) groups excluding carboxylic acids is 1. The molecular formula is C12H11FN2O3. The van der Waals surface area contributed by atoms with Crippen LogP contribution in [0.5, 0.6) is 0 Å². The van der Waals surface area contributed by atoms with Gasteiger partial charge in [-0.1, -0.05) is 5.92 Å². The van der Waals surface area contributed by atoms with Crippen LogP contribution >= 0.6 is 0 Å². The van der Waals surface area contributed by atoms with Gasteiger partial charge in [-0.3, -0.25) is 10.1 Å². The lowest BCUT2D eigenvalue weighted by Gasteiger charge is -2.07. The first-order valence-electron chi connectivity index (χ1n) is 5.01. The molecule has 0 radical (unpaired) electrons. The Bertz CT molecular complexity index is 509. The maximum atomic E-state index is 13.3. The van der Waals surface area contributed by atoms with E-state index >= 15 is 0 Å². The van der Waals surface area contributed by atoms with Crippen LogP contribution in [0.2, 0.25) is 0 Å². The number of carboxylic acids is 1. The van der Waals surface area contributed by atoms with E-state index in [0.29, 0.717) is 0 Å². The summed E-state index contributed by atoms with van der Waals surface area (Å²) in [4.78, 5) is 22.1. The van der Waals surface area contributed by atoms with Gasteiger partial charge >= 0.3 is 5.97 Å². The molecule has 0 aliphatic rings. The number of benzene rings is 1. The molecule has 0 unspecified atom stereocenters. The number of hydrogen-bond donors (Lipinski definition) is 3. The van der Waals surface area contributed by atoms with Gasteiger partial charge in [-0.05, 0) is 18.2 Å². The number of carbonyl (C=O) groups is 2. The van der Waals surface area contributed by atoms with Gasteiger partial charge in [0.25, 0.3) is 0 Å². The second kappa shape index (κ2) is 6.37. The van der Waals surface area contributed by atoms with Crippen molar-refractivity contribution in [3.63, 3.8) is 0 Å². The highest BCUT2D eigenvalue weighted by molar-refractivity contribution is 5.94. The maximum absolute atomic E-state index is 13.3. The van der Waals surface area contributed by atoms with Gasteiger partial charge in [-0.15, -0.1) is 6.42 Å². The molecular weight excluding hydrogens is 239 g/mol. The van der Waals surface area contributed by atoms with E-state index in [1.807, 2.05) is 0 Å². The molecule has 0 aliphatic carbocycles. The molecule has 0 spiro atoms. The van der Waals surface area contributed by atoms with Crippen LogP contribution in [0.15, 0.2) is 18.2 Å². The fraction of sp³-hybridized carbons (Fsp3) is 0.167. The molecule has 6 heteroatoms. The van der Waals surface area contributed by atoms with Gasteiger partial charge in [0.1, 0.15) is 5.82 Å². The van der Waals surface area contributed by atoms with Crippen molar-refractivity contribution in [2.24, 2.45) is 0 Å². The van der Waals surface area contributed by atoms with E-state index in [1.165, 1.54) is 0 Å². The molecule has 5 nitrogen and oxygen atoms in total. The van der Waals surface area contributed by atoms with Gasteiger partial charge < -0.3 is 10.4 Å². The molecule has 0 atom stereocenters. The molecule has 3 N–H and O–H groups in total. The summed E-state index contributed by atoms with van der Waals surface area (Å²) < 4.78 is 13.3. The summed E-state index contributed by atoms with van der Waals surface area (Å²) in [5.74, 6) is -0.130. The molecule has 0 aliphatic heterocycles. The molecule has 94 valence electrons. The molecule has 0 bridgehead atoms. The third-order valence-electron chi connectivity index (χ3n) is 2.00. The minimum atomic E-state index is -1.20. The van der Waals surface area contributed by atoms with E-state index in [9.17, 15) is 14.0 Å². The van der Waals surface area contributed by atoms with Crippen LogP contribution in [0, 0.1) is 18.2 Å². The van der Waals surface area contributed by atoms with Gasteiger partial charge in [0.2, 0.25) is 5.91 Å². The van der Waals surface area contributed by atoms with E-state index < -0.39 is 17.7 Å². The predicted molar refractivity (Wildman–Crippen MR) is 63.7 cm³/mol. The summed E-state index contributed by atoms with van der Waals surface area (Å²) in [7, 11) is 0. The lowest BCUT2D eigenvalue weighted by Crippen LogP contribution is -2.28. The fourth-order valence-corrected chi connectivity index (χ4v) is 1.20. The minimum absolute atomic E-state index is 0.0824. The average molecular weight is 250 g/mol. The highest BCUT2D eigenvalue weighted by Crippen LogP contribution is 2.16. The molecule has 0 fully saturated rings. The van der Waals surface area contributed by atoms with E-state index in [1.54, 1.807) is 0 Å². The lowest BCUT2D eigenvalue weighted by molar-refractivity contribution is -0.115. The quantitative estimate of drug-likeness (QED) is 0.530. The molecule has 1 amide bonds. The Morgan fingerprint density at radius 3 is 2.78 bits per heavy atom. The van der Waals surface area contributed by atoms with Crippen molar-refractivity contribution in [1.29, 1.82) is 0 Å². The zero-order chi connectivity index (χ0) is 13.5. The van der Waals surface area contributed by atoms with Crippen LogP contribution in [0.3, 0.4) is 0 Å². The van der Waals surface area contributed by atoms with Crippen molar-refractivity contribution >= 4 is 17.6 Å². The number of carboxylic acid groups (broad SMARTS) is 1. The largest absolute Gasteiger partial charge is 0.478 e. The summed E-state index contributed by atoms with van der Waals surface area (Å²) in [6, 6.07) is 3.15. The number of halogens is 1. The monoisotopic (exact) mass is 250 g/mol. The van der Waals surface area contributed by atoms with Crippen molar-refractivity contribution < 1.29 is 19.1 Å². The smallest absolute Gasteiger partial charge is 0.335 e. The third-order valence-corrected chi connectivity index (χ3v) is 2.00. The molecule has 0 saturated carbocycles. The van der Waals surface area contributed by atoms with Crippen LogP contribution in [0.4, 0.5) is 10.1 Å². The van der Waals surface area contributed by atoms with Gasteiger partial charge in [-0.25, -0.2) is 9.18 Å². The Balaban J connectivity index is 2.72. The number of rotatable bonds is 5. The molecule has 0 heterocycles. The Labute approximate surface area is 103 Å². The number of nitrogens with one attached hydrogen (secondary N) is 2. The second-order valence-electron chi connectivity index (χ2n) is 3.36. The van der Waals surface area contributed by atoms with E-state index in [2.05, 4.69) is 16.6 Å². The van der Waals surface area contributed by atoms with E-state index in [4.69, 9.17) is 11.5 Å². The summed E-state index contributed by atoms with van der Waals surface area (Å²) >= 11 is 0. The standard InChI is InChI=1S/C12H11FN2O3/c1-2-5-14-7-11(16)15-10-6-8(12(17)18)3-4-9(10)13/h1,3-4,6,14H,5,7H2,(H,15,16)(H,17,18). The maximum Gasteiger partial charge on any atom is 0.335 e. The van der Waals surface area contributed by atoms with Crippen molar-refractivity contribution in [3.8, 4) is 12.3 Å². The number of terminal acetylenes is 1. The first-order chi connectivity index (χ1) is 8.54. The van der Waals surface area contributed by atoms with Crippen molar-refractivity contribution in [1.82, 2.24) is 5.32 Å². The summed E-state index contributed by atoms with van der Waals surface area (Å²) in [5, 5.41) is 13.6. The number of anilines is 1. The molecule has 0 aromatic heterocycles. The van der Waals surface area contributed by atoms with Crippen LogP contribution < -0.4 is 10.6 Å². The molecule has 18 heavy (non-hydrogen) atoms. The van der Waals surface area contributed by atoms with Crippen LogP contribution in [-0.2, 0) is 4.79 Å². The second-order valence-corrected chi connectivity index (χ2v) is 3.36. The Hall–Kier alpha value is -2.39. The zero-order valence-corrected chi connectivity index (χ0v) is 9.37. The van der Waals surface area contributed by atoms with Gasteiger partial charge in [0, 0.05) is 0 Å². The minimum Gasteiger partial charge on any atom is -0.478 e. The lowest BCUT2D eigenvalue weighted by atomic mass is 10.2. The Morgan fingerprint density at radius 1 is 1.44 bits per heavy atom. The molecule has 1 aromatic rings. The number of hydrogen-bond acceptors (Lipinski definition) is 3. The third kappa shape index (κ3) is 3.88. The van der Waals surface area contributed by atoms with Gasteiger partial charge in [-0.2, -0.15) is 0 Å². The first-order valence-corrected chi connectivity index (χ1v) is 5.01. The summed E-state index contributed by atoms with van der Waals surface area (Å²) in [6.45, 7) is 0.131. The normalized spacial score (nSPS) is 9.56. The highest BCUT2D eigenvalue weighted by atomic mass is 19.1. The first kappa shape index (κ1) is 13.7. The van der Waals surface area contributed by atoms with Crippen molar-refractivity contribution in [2.75, 3.05) is 18.4 Å². The van der Waals surface area contributed by atoms with E-state index in [0.717, 1.165) is 18.2 Å². The van der Waals surface area contributed by atoms with Crippen LogP contribution in [0.1, 0.15) is 10.4 Å². The Morgan fingerprint density at radius 2 is 2.17 bits per heavy atom. The predicted octanol–water partition coefficient (Wildman–Crippen LogP) is 0.685. The fourth-order valence-electron chi connectivity index (χ4n) is 1.20. The number of amides is 1. The van der Waals surface area contributed by atoms with Crippen LogP contribution in [-0.4, -0.2) is 30.1 Å². The molecule has 0 saturated heterocycles. The average Bonchev–Trinajstić information content (AvgIpc) is 2.32. The zero-order valence-electron chi connectivity index (χ0n) is 9.37. The van der Waals surface area contributed by atoms with Crippen molar-refractivity contribution in [3.05, 3.63) is 29.6 Å². The van der Waals surface area contributed by atoms with E-state index in [-0.39, 0.29) is 24.3 Å². The summed E-state index contributed by atoms with van der Waals surface area (Å²) in [5.41, 5.74) is -0.286. The van der Waals surface area contributed by atoms with Gasteiger partial charge in [0.15, 0.2) is 0 Å². The van der Waals surface area contributed by atoms with Crippen LogP contribution in [0.25, 0.3) is 0 Å². The summed E-state index contributed by atoms with van der Waals surface area (Å²) in [6.07, 6.45) is 4.98. The molecule has 1 rings (SSSR count). The highest BCUT2D eigenvalue weighted by Gasteiger charge is 2.10. The topological polar surface area (TPSA) is 78.4 Å². The van der Waals surface area contributed by atoms with Crippen molar-refractivity contribution in [2.45, 2.75) is 0 Å². The number of aromatic carboxylic acids is 1.